The highest BCUT2D eigenvalue weighted by Gasteiger charge is 2.09. The van der Waals surface area contributed by atoms with Crippen LogP contribution in [0.3, 0.4) is 0 Å². The summed E-state index contributed by atoms with van der Waals surface area (Å²) < 4.78 is 0. The Morgan fingerprint density at radius 1 is 1.16 bits per heavy atom. The van der Waals surface area contributed by atoms with E-state index in [2.05, 4.69) is 25.5 Å². The molecule has 2 aromatic heterocycles. The smallest absolute Gasteiger partial charge is 0.251 e. The quantitative estimate of drug-likeness (QED) is 0.537. The summed E-state index contributed by atoms with van der Waals surface area (Å²) in [4.78, 5) is 20.2. The first-order valence-corrected chi connectivity index (χ1v) is 8.02. The van der Waals surface area contributed by atoms with Gasteiger partial charge >= 0.3 is 0 Å². The van der Waals surface area contributed by atoms with Crippen LogP contribution in [-0.4, -0.2) is 26.1 Å². The first-order valence-electron chi connectivity index (χ1n) is 8.02. The number of amides is 1. The number of aromatic nitrogens is 4. The Hall–Kier alpha value is -3.41. The van der Waals surface area contributed by atoms with Crippen molar-refractivity contribution in [3.8, 4) is 11.1 Å². The number of aromatic amines is 2. The van der Waals surface area contributed by atoms with E-state index in [-0.39, 0.29) is 5.91 Å². The molecule has 0 atom stereocenters. The van der Waals surface area contributed by atoms with Gasteiger partial charge in [-0.05, 0) is 42.3 Å². The highest BCUT2D eigenvalue weighted by atomic mass is 16.1. The highest BCUT2D eigenvalue weighted by molar-refractivity contribution is 5.95. The fourth-order valence-electron chi connectivity index (χ4n) is 2.77. The van der Waals surface area contributed by atoms with Crippen LogP contribution in [0.15, 0.2) is 54.9 Å². The van der Waals surface area contributed by atoms with Gasteiger partial charge in [-0.2, -0.15) is 5.10 Å². The van der Waals surface area contributed by atoms with Crippen LogP contribution in [-0.2, 0) is 6.54 Å². The van der Waals surface area contributed by atoms with Crippen molar-refractivity contribution in [2.24, 2.45) is 0 Å². The zero-order valence-corrected chi connectivity index (χ0v) is 13.7. The average Bonchev–Trinajstić information content (AvgIpc) is 3.29. The second-order valence-electron chi connectivity index (χ2n) is 5.95. The van der Waals surface area contributed by atoms with Gasteiger partial charge in [0.2, 0.25) is 0 Å². The molecule has 0 aliphatic carbocycles. The first kappa shape index (κ1) is 15.1. The zero-order chi connectivity index (χ0) is 17.2. The molecule has 0 saturated heterocycles. The number of H-pyrrole nitrogens is 2. The standard InChI is InChI=1S/C19H17N5O/c1-12-5-6-16-17(7-12)24-18(23-16)11-20-19(25)14-4-2-3-13(8-14)15-9-21-22-10-15/h2-10H,11H2,1H3,(H,20,25)(H,21,22)(H,23,24). The van der Waals surface area contributed by atoms with Gasteiger partial charge in [-0.3, -0.25) is 9.89 Å². The second kappa shape index (κ2) is 6.24. The van der Waals surface area contributed by atoms with Crippen molar-refractivity contribution in [3.05, 3.63) is 71.8 Å². The Labute approximate surface area is 144 Å². The molecule has 6 nitrogen and oxygen atoms in total. The lowest BCUT2D eigenvalue weighted by atomic mass is 10.1. The lowest BCUT2D eigenvalue weighted by Gasteiger charge is -2.05. The summed E-state index contributed by atoms with van der Waals surface area (Å²) >= 11 is 0. The SMILES string of the molecule is Cc1ccc2nc(CNC(=O)c3cccc(-c4cn[nH]c4)c3)[nH]c2c1. The van der Waals surface area contributed by atoms with Crippen molar-refractivity contribution < 1.29 is 4.79 Å². The van der Waals surface area contributed by atoms with Crippen LogP contribution in [0.4, 0.5) is 0 Å². The van der Waals surface area contributed by atoms with Crippen molar-refractivity contribution in [3.63, 3.8) is 0 Å². The number of benzene rings is 2. The third-order valence-corrected chi connectivity index (χ3v) is 4.06. The van der Waals surface area contributed by atoms with Crippen LogP contribution in [0.25, 0.3) is 22.2 Å². The van der Waals surface area contributed by atoms with E-state index in [1.165, 1.54) is 5.56 Å². The van der Waals surface area contributed by atoms with E-state index in [0.717, 1.165) is 28.0 Å². The van der Waals surface area contributed by atoms with E-state index in [0.29, 0.717) is 12.1 Å². The van der Waals surface area contributed by atoms with Crippen LogP contribution < -0.4 is 5.32 Å². The van der Waals surface area contributed by atoms with E-state index in [9.17, 15) is 4.79 Å². The van der Waals surface area contributed by atoms with Gasteiger partial charge < -0.3 is 10.3 Å². The predicted octanol–water partition coefficient (Wildman–Crippen LogP) is 3.19. The van der Waals surface area contributed by atoms with E-state index in [1.807, 2.05) is 43.3 Å². The van der Waals surface area contributed by atoms with Crippen LogP contribution in [0, 0.1) is 6.92 Å². The summed E-state index contributed by atoms with van der Waals surface area (Å²) in [5.41, 5.74) is 5.54. The summed E-state index contributed by atoms with van der Waals surface area (Å²) in [6, 6.07) is 13.5. The van der Waals surface area contributed by atoms with E-state index < -0.39 is 0 Å². The molecule has 0 aliphatic heterocycles. The molecule has 2 heterocycles. The molecule has 2 aromatic carbocycles. The molecule has 1 amide bonds. The second-order valence-corrected chi connectivity index (χ2v) is 5.95. The molecule has 124 valence electrons. The number of carbonyl (C=O) groups excluding carboxylic acids is 1. The van der Waals surface area contributed by atoms with Gasteiger partial charge in [0.25, 0.3) is 5.91 Å². The van der Waals surface area contributed by atoms with Crippen LogP contribution >= 0.6 is 0 Å². The van der Waals surface area contributed by atoms with Crippen LogP contribution in [0.2, 0.25) is 0 Å². The molecule has 3 N–H and O–H groups in total. The third-order valence-electron chi connectivity index (χ3n) is 4.06. The summed E-state index contributed by atoms with van der Waals surface area (Å²) in [5, 5.41) is 9.62. The summed E-state index contributed by atoms with van der Waals surface area (Å²) in [6.45, 7) is 2.39. The summed E-state index contributed by atoms with van der Waals surface area (Å²) in [6.07, 6.45) is 3.53. The largest absolute Gasteiger partial charge is 0.345 e. The van der Waals surface area contributed by atoms with Crippen LogP contribution in [0.1, 0.15) is 21.7 Å². The zero-order valence-electron chi connectivity index (χ0n) is 13.7. The molecule has 0 bridgehead atoms. The first-order chi connectivity index (χ1) is 12.2. The maximum atomic E-state index is 12.4. The monoisotopic (exact) mass is 331 g/mol. The number of nitrogens with one attached hydrogen (secondary N) is 3. The van der Waals surface area contributed by atoms with Gasteiger partial charge in [0.1, 0.15) is 5.82 Å². The fourth-order valence-corrected chi connectivity index (χ4v) is 2.77. The Morgan fingerprint density at radius 2 is 2.08 bits per heavy atom. The number of fused-ring (bicyclic) bond motifs is 1. The minimum atomic E-state index is -0.137. The number of nitrogens with zero attached hydrogens (tertiary/aromatic N) is 2. The number of carbonyl (C=O) groups is 1. The van der Waals surface area contributed by atoms with Crippen molar-refractivity contribution in [1.29, 1.82) is 0 Å². The maximum absolute atomic E-state index is 12.4. The molecule has 0 radical (unpaired) electrons. The predicted molar refractivity (Wildman–Crippen MR) is 96.0 cm³/mol. The fraction of sp³-hybridized carbons (Fsp3) is 0.105. The Kier molecular flexibility index (Phi) is 3.78. The van der Waals surface area contributed by atoms with E-state index in [1.54, 1.807) is 18.5 Å². The van der Waals surface area contributed by atoms with Gasteiger partial charge in [-0.25, -0.2) is 4.98 Å². The van der Waals surface area contributed by atoms with Gasteiger partial charge in [-0.15, -0.1) is 0 Å². The number of rotatable bonds is 4. The van der Waals surface area contributed by atoms with Gasteiger partial charge in [0.05, 0.1) is 23.8 Å². The van der Waals surface area contributed by atoms with Crippen LogP contribution in [0.5, 0.6) is 0 Å². The number of hydrogen-bond acceptors (Lipinski definition) is 3. The van der Waals surface area contributed by atoms with E-state index in [4.69, 9.17) is 0 Å². The number of imidazole rings is 1. The van der Waals surface area contributed by atoms with E-state index >= 15 is 0 Å². The van der Waals surface area contributed by atoms with Gasteiger partial charge in [0.15, 0.2) is 0 Å². The number of hydrogen-bond donors (Lipinski definition) is 3. The van der Waals surface area contributed by atoms with Crippen molar-refractivity contribution >= 4 is 16.9 Å². The highest BCUT2D eigenvalue weighted by Crippen LogP contribution is 2.19. The Morgan fingerprint density at radius 3 is 2.92 bits per heavy atom. The number of aryl methyl sites for hydroxylation is 1. The maximum Gasteiger partial charge on any atom is 0.251 e. The topological polar surface area (TPSA) is 86.5 Å². The van der Waals surface area contributed by atoms with Crippen molar-refractivity contribution in [2.45, 2.75) is 13.5 Å². The van der Waals surface area contributed by atoms with Gasteiger partial charge in [-0.1, -0.05) is 18.2 Å². The molecular formula is C19H17N5O. The molecule has 4 rings (SSSR count). The molecule has 6 heteroatoms. The summed E-state index contributed by atoms with van der Waals surface area (Å²) in [7, 11) is 0. The van der Waals surface area contributed by atoms with Crippen molar-refractivity contribution in [1.82, 2.24) is 25.5 Å². The normalized spacial score (nSPS) is 10.9. The molecule has 0 aliphatic rings. The lowest BCUT2D eigenvalue weighted by Crippen LogP contribution is -2.23. The molecule has 0 saturated carbocycles. The molecule has 0 fully saturated rings. The molecule has 4 aromatic rings. The van der Waals surface area contributed by atoms with Crippen molar-refractivity contribution in [2.75, 3.05) is 0 Å². The average molecular weight is 331 g/mol. The lowest BCUT2D eigenvalue weighted by molar-refractivity contribution is 0.0950. The molecule has 25 heavy (non-hydrogen) atoms. The minimum absolute atomic E-state index is 0.137. The Bertz CT molecular complexity index is 1030. The molecule has 0 spiro atoms. The van der Waals surface area contributed by atoms with Gasteiger partial charge in [0, 0.05) is 17.3 Å². The summed E-state index contributed by atoms with van der Waals surface area (Å²) in [5.74, 6) is 0.599. The molecular weight excluding hydrogens is 314 g/mol. The molecule has 0 unspecified atom stereocenters. The minimum Gasteiger partial charge on any atom is -0.345 e. The third kappa shape index (κ3) is 3.14. The Balaban J connectivity index is 1.49.